The number of carbonyl (C=O) groups is 2. The minimum atomic E-state index is -0.459. The molecule has 3 N–H and O–H groups in total. The first-order chi connectivity index (χ1) is 15.8. The molecule has 3 aromatic rings. The number of ether oxygens (including phenoxy) is 1. The minimum absolute atomic E-state index is 0.0894. The Morgan fingerprint density at radius 1 is 1.24 bits per heavy atom. The van der Waals surface area contributed by atoms with Gasteiger partial charge in [0.2, 0.25) is 11.8 Å². The summed E-state index contributed by atoms with van der Waals surface area (Å²) in [6.07, 6.45) is 2.85. The molecule has 1 aromatic heterocycles. The molecule has 0 spiro atoms. The van der Waals surface area contributed by atoms with Gasteiger partial charge in [-0.25, -0.2) is 14.4 Å². The van der Waals surface area contributed by atoms with Crippen molar-refractivity contribution in [1.29, 1.82) is 0 Å². The fraction of sp³-hybridized carbons (Fsp3) is 0.217. The number of halogens is 2. The Morgan fingerprint density at radius 3 is 2.73 bits per heavy atom. The molecule has 0 aliphatic rings. The van der Waals surface area contributed by atoms with Crippen molar-refractivity contribution in [2.75, 3.05) is 17.2 Å². The van der Waals surface area contributed by atoms with Crippen LogP contribution in [0.1, 0.15) is 20.3 Å². The molecular formula is C23H23BrFN5O3. The largest absolute Gasteiger partial charge is 0.489 e. The molecule has 0 aliphatic heterocycles. The average Bonchev–Trinajstić information content (AvgIpc) is 2.79. The molecule has 0 fully saturated rings. The molecule has 0 radical (unpaired) electrons. The van der Waals surface area contributed by atoms with Gasteiger partial charge in [0, 0.05) is 22.3 Å². The number of rotatable bonds is 9. The number of fused-ring (bicyclic) bond motifs is 1. The van der Waals surface area contributed by atoms with E-state index in [1.807, 2.05) is 6.92 Å². The van der Waals surface area contributed by atoms with Crippen molar-refractivity contribution in [3.05, 3.63) is 59.6 Å². The molecule has 8 nitrogen and oxygen atoms in total. The third-order valence-electron chi connectivity index (χ3n) is 4.58. The molecule has 1 atom stereocenters. The third kappa shape index (κ3) is 6.26. The van der Waals surface area contributed by atoms with Gasteiger partial charge in [0.15, 0.2) is 0 Å². The van der Waals surface area contributed by atoms with E-state index in [1.165, 1.54) is 12.4 Å². The lowest BCUT2D eigenvalue weighted by Crippen LogP contribution is -2.36. The molecule has 3 rings (SSSR count). The second-order valence-corrected chi connectivity index (χ2v) is 8.08. The van der Waals surface area contributed by atoms with Crippen LogP contribution in [0.15, 0.2) is 53.8 Å². The minimum Gasteiger partial charge on any atom is -0.489 e. The molecule has 10 heteroatoms. The lowest BCUT2D eigenvalue weighted by atomic mass is 10.1. The molecule has 0 saturated heterocycles. The maximum atomic E-state index is 14.3. The SMILES string of the molecule is C=CC(=O)Nc1cc2c(Nc3ccc(Br)cc3F)ncnc2cc1OCC(C)NC(=O)CC. The number of hydrogen-bond acceptors (Lipinski definition) is 6. The number of amides is 2. The Bertz CT molecular complexity index is 1200. The first-order valence-corrected chi connectivity index (χ1v) is 11.0. The zero-order valence-corrected chi connectivity index (χ0v) is 19.7. The lowest BCUT2D eigenvalue weighted by Gasteiger charge is -2.18. The van der Waals surface area contributed by atoms with Gasteiger partial charge in [-0.15, -0.1) is 0 Å². The summed E-state index contributed by atoms with van der Waals surface area (Å²) in [5.41, 5.74) is 1.10. The summed E-state index contributed by atoms with van der Waals surface area (Å²) in [6, 6.07) is 7.66. The number of anilines is 3. The van der Waals surface area contributed by atoms with Crippen molar-refractivity contribution in [3.8, 4) is 5.75 Å². The fourth-order valence-electron chi connectivity index (χ4n) is 2.94. The Kier molecular flexibility index (Phi) is 7.94. The van der Waals surface area contributed by atoms with Crippen molar-refractivity contribution in [1.82, 2.24) is 15.3 Å². The number of benzene rings is 2. The number of hydrogen-bond donors (Lipinski definition) is 3. The first-order valence-electron chi connectivity index (χ1n) is 10.2. The normalized spacial score (nSPS) is 11.5. The van der Waals surface area contributed by atoms with Gasteiger partial charge in [0.05, 0.1) is 22.9 Å². The van der Waals surface area contributed by atoms with Gasteiger partial charge in [-0.05, 0) is 37.3 Å². The standard InChI is InChI=1S/C23H23BrFN5O3/c1-4-21(31)28-13(3)11-33-20-10-18-15(9-19(20)29-22(32)5-2)23(27-12-26-18)30-17-7-6-14(24)8-16(17)25/h5-10,12-13H,2,4,11H2,1,3H3,(H,28,31)(H,29,32)(H,26,27,30). The highest BCUT2D eigenvalue weighted by Crippen LogP contribution is 2.34. The molecule has 0 aliphatic carbocycles. The van der Waals surface area contributed by atoms with Crippen LogP contribution in [0.5, 0.6) is 5.75 Å². The highest BCUT2D eigenvalue weighted by molar-refractivity contribution is 9.10. The molecule has 172 valence electrons. The van der Waals surface area contributed by atoms with Crippen LogP contribution in [0.2, 0.25) is 0 Å². The van der Waals surface area contributed by atoms with E-state index in [0.717, 1.165) is 6.08 Å². The van der Waals surface area contributed by atoms with Gasteiger partial charge in [-0.1, -0.05) is 29.4 Å². The van der Waals surface area contributed by atoms with E-state index in [4.69, 9.17) is 4.74 Å². The topological polar surface area (TPSA) is 105 Å². The molecule has 2 aromatic carbocycles. The maximum Gasteiger partial charge on any atom is 0.247 e. The Hall–Kier alpha value is -3.53. The highest BCUT2D eigenvalue weighted by atomic mass is 79.9. The van der Waals surface area contributed by atoms with Crippen LogP contribution in [-0.4, -0.2) is 34.4 Å². The molecule has 1 unspecified atom stereocenters. The van der Waals surface area contributed by atoms with Crippen LogP contribution < -0.4 is 20.7 Å². The van der Waals surface area contributed by atoms with E-state index < -0.39 is 11.7 Å². The van der Waals surface area contributed by atoms with Crippen LogP contribution in [-0.2, 0) is 9.59 Å². The molecule has 33 heavy (non-hydrogen) atoms. The Labute approximate surface area is 198 Å². The molecule has 1 heterocycles. The zero-order valence-electron chi connectivity index (χ0n) is 18.1. The number of nitrogens with one attached hydrogen (secondary N) is 3. The predicted molar refractivity (Wildman–Crippen MR) is 129 cm³/mol. The van der Waals surface area contributed by atoms with E-state index >= 15 is 0 Å². The summed E-state index contributed by atoms with van der Waals surface area (Å²) < 4.78 is 20.8. The number of nitrogens with zero attached hydrogens (tertiary/aromatic N) is 2. The van der Waals surface area contributed by atoms with Gasteiger partial charge < -0.3 is 20.7 Å². The van der Waals surface area contributed by atoms with E-state index in [1.54, 1.807) is 31.2 Å². The first kappa shape index (κ1) is 24.1. The number of carbonyl (C=O) groups excluding carboxylic acids is 2. The molecular weight excluding hydrogens is 493 g/mol. The van der Waals surface area contributed by atoms with Crippen molar-refractivity contribution in [2.24, 2.45) is 0 Å². The van der Waals surface area contributed by atoms with Gasteiger partial charge in [0.25, 0.3) is 0 Å². The van der Waals surface area contributed by atoms with E-state index in [-0.39, 0.29) is 24.2 Å². The lowest BCUT2D eigenvalue weighted by molar-refractivity contribution is -0.121. The highest BCUT2D eigenvalue weighted by Gasteiger charge is 2.15. The predicted octanol–water partition coefficient (Wildman–Crippen LogP) is 4.69. The van der Waals surface area contributed by atoms with Crippen molar-refractivity contribution in [2.45, 2.75) is 26.3 Å². The van der Waals surface area contributed by atoms with Crippen molar-refractivity contribution in [3.63, 3.8) is 0 Å². The second kappa shape index (κ2) is 10.9. The monoisotopic (exact) mass is 515 g/mol. The van der Waals surface area contributed by atoms with Gasteiger partial charge in [-0.2, -0.15) is 0 Å². The van der Waals surface area contributed by atoms with Crippen molar-refractivity contribution < 1.29 is 18.7 Å². The Balaban J connectivity index is 1.96. The van der Waals surface area contributed by atoms with Gasteiger partial charge >= 0.3 is 0 Å². The zero-order chi connectivity index (χ0) is 24.0. The summed E-state index contributed by atoms with van der Waals surface area (Å²) in [6.45, 7) is 7.23. The summed E-state index contributed by atoms with van der Waals surface area (Å²) in [5.74, 6) is -0.273. The smallest absolute Gasteiger partial charge is 0.247 e. The van der Waals surface area contributed by atoms with Crippen LogP contribution >= 0.6 is 15.9 Å². The van der Waals surface area contributed by atoms with Crippen LogP contribution in [0.25, 0.3) is 10.9 Å². The van der Waals surface area contributed by atoms with Gasteiger partial charge in [-0.3, -0.25) is 9.59 Å². The maximum absolute atomic E-state index is 14.3. The van der Waals surface area contributed by atoms with Gasteiger partial charge in [0.1, 0.15) is 30.3 Å². The molecule has 0 bridgehead atoms. The van der Waals surface area contributed by atoms with E-state index in [9.17, 15) is 14.0 Å². The van der Waals surface area contributed by atoms with E-state index in [2.05, 4.69) is 48.4 Å². The van der Waals surface area contributed by atoms with Crippen LogP contribution in [0.4, 0.5) is 21.6 Å². The average molecular weight is 516 g/mol. The van der Waals surface area contributed by atoms with E-state index in [0.29, 0.717) is 39.1 Å². The summed E-state index contributed by atoms with van der Waals surface area (Å²) >= 11 is 3.23. The van der Waals surface area contributed by atoms with Crippen LogP contribution in [0.3, 0.4) is 0 Å². The Morgan fingerprint density at radius 2 is 2.03 bits per heavy atom. The quantitative estimate of drug-likeness (QED) is 0.357. The summed E-state index contributed by atoms with van der Waals surface area (Å²) in [5, 5.41) is 9.02. The number of aromatic nitrogens is 2. The van der Waals surface area contributed by atoms with Crippen molar-refractivity contribution >= 4 is 55.8 Å². The molecule has 2 amide bonds. The summed E-state index contributed by atoms with van der Waals surface area (Å²) in [4.78, 5) is 32.1. The third-order valence-corrected chi connectivity index (χ3v) is 5.07. The fourth-order valence-corrected chi connectivity index (χ4v) is 3.27. The van der Waals surface area contributed by atoms with Crippen LogP contribution in [0, 0.1) is 5.82 Å². The summed E-state index contributed by atoms with van der Waals surface area (Å²) in [7, 11) is 0. The molecule has 0 saturated carbocycles. The second-order valence-electron chi connectivity index (χ2n) is 7.16.